The SMILES string of the molecule is C[C@@H]1CNCCN1Cc1cnn(C)c1C(F)(F)F. The topological polar surface area (TPSA) is 33.1 Å². The molecule has 1 aliphatic heterocycles. The molecule has 7 heteroatoms. The second kappa shape index (κ2) is 4.89. The number of hydrogen-bond acceptors (Lipinski definition) is 3. The summed E-state index contributed by atoms with van der Waals surface area (Å²) in [5.41, 5.74) is -0.396. The van der Waals surface area contributed by atoms with Crippen LogP contribution >= 0.6 is 0 Å². The Morgan fingerprint density at radius 3 is 2.83 bits per heavy atom. The van der Waals surface area contributed by atoms with Gasteiger partial charge in [-0.15, -0.1) is 0 Å². The Labute approximate surface area is 104 Å². The van der Waals surface area contributed by atoms with Gasteiger partial charge in [-0.2, -0.15) is 18.3 Å². The van der Waals surface area contributed by atoms with Gasteiger partial charge in [0.25, 0.3) is 0 Å². The first kappa shape index (κ1) is 13.4. The van der Waals surface area contributed by atoms with Crippen molar-refractivity contribution in [1.82, 2.24) is 20.0 Å². The number of hydrogen-bond donors (Lipinski definition) is 1. The lowest BCUT2D eigenvalue weighted by Gasteiger charge is -2.33. The maximum Gasteiger partial charge on any atom is 0.433 e. The number of halogens is 3. The lowest BCUT2D eigenvalue weighted by molar-refractivity contribution is -0.144. The molecule has 0 saturated carbocycles. The summed E-state index contributed by atoms with van der Waals surface area (Å²) < 4.78 is 39.6. The van der Waals surface area contributed by atoms with Crippen LogP contribution in [0.3, 0.4) is 0 Å². The van der Waals surface area contributed by atoms with E-state index in [9.17, 15) is 13.2 Å². The van der Waals surface area contributed by atoms with Crippen molar-refractivity contribution in [2.45, 2.75) is 25.7 Å². The van der Waals surface area contributed by atoms with E-state index in [1.54, 1.807) is 0 Å². The number of aromatic nitrogens is 2. The summed E-state index contributed by atoms with van der Waals surface area (Å²) >= 11 is 0. The van der Waals surface area contributed by atoms with Crippen LogP contribution in [0.25, 0.3) is 0 Å². The molecule has 1 aromatic heterocycles. The molecule has 0 aromatic carbocycles. The standard InChI is InChI=1S/C11H17F3N4/c1-8-5-15-3-4-18(8)7-9-6-16-17(2)10(9)11(12,13)14/h6,8,15H,3-5,7H2,1-2H3/t8-/m1/s1. The van der Waals surface area contributed by atoms with Gasteiger partial charge in [0.2, 0.25) is 0 Å². The van der Waals surface area contributed by atoms with E-state index in [-0.39, 0.29) is 11.6 Å². The normalized spacial score (nSPS) is 22.4. The summed E-state index contributed by atoms with van der Waals surface area (Å²) in [4.78, 5) is 2.04. The van der Waals surface area contributed by atoms with Crippen molar-refractivity contribution in [3.63, 3.8) is 0 Å². The van der Waals surface area contributed by atoms with Crippen molar-refractivity contribution >= 4 is 0 Å². The molecule has 1 aliphatic rings. The van der Waals surface area contributed by atoms with E-state index >= 15 is 0 Å². The molecule has 1 atom stereocenters. The highest BCUT2D eigenvalue weighted by Crippen LogP contribution is 2.32. The first-order valence-corrected chi connectivity index (χ1v) is 5.92. The second-order valence-electron chi connectivity index (χ2n) is 4.66. The molecule has 0 unspecified atom stereocenters. The fraction of sp³-hybridized carbons (Fsp3) is 0.727. The number of alkyl halides is 3. The first-order chi connectivity index (χ1) is 8.39. The van der Waals surface area contributed by atoms with Gasteiger partial charge in [0, 0.05) is 44.8 Å². The van der Waals surface area contributed by atoms with E-state index in [0.29, 0.717) is 6.54 Å². The fourth-order valence-corrected chi connectivity index (χ4v) is 2.30. The second-order valence-corrected chi connectivity index (χ2v) is 4.66. The van der Waals surface area contributed by atoms with Crippen molar-refractivity contribution < 1.29 is 13.2 Å². The van der Waals surface area contributed by atoms with Crippen LogP contribution in [0.2, 0.25) is 0 Å². The average Bonchev–Trinajstić information content (AvgIpc) is 2.62. The Balaban J connectivity index is 2.19. The molecule has 0 bridgehead atoms. The van der Waals surface area contributed by atoms with Crippen LogP contribution in [0.4, 0.5) is 13.2 Å². The minimum Gasteiger partial charge on any atom is -0.314 e. The Hall–Kier alpha value is -1.08. The molecular weight excluding hydrogens is 245 g/mol. The largest absolute Gasteiger partial charge is 0.433 e. The van der Waals surface area contributed by atoms with Crippen molar-refractivity contribution in [3.05, 3.63) is 17.5 Å². The number of rotatable bonds is 2. The van der Waals surface area contributed by atoms with Crippen LogP contribution in [0.15, 0.2) is 6.20 Å². The lowest BCUT2D eigenvalue weighted by atomic mass is 10.1. The number of nitrogens with zero attached hydrogens (tertiary/aromatic N) is 3. The van der Waals surface area contributed by atoms with Gasteiger partial charge in [0.1, 0.15) is 5.69 Å². The maximum atomic E-state index is 12.9. The maximum absolute atomic E-state index is 12.9. The molecule has 1 saturated heterocycles. The molecular formula is C11H17F3N4. The fourth-order valence-electron chi connectivity index (χ4n) is 2.30. The van der Waals surface area contributed by atoms with Gasteiger partial charge in [0.15, 0.2) is 0 Å². The van der Waals surface area contributed by atoms with Gasteiger partial charge >= 0.3 is 6.18 Å². The molecule has 1 fully saturated rings. The first-order valence-electron chi connectivity index (χ1n) is 5.92. The number of nitrogens with one attached hydrogen (secondary N) is 1. The summed E-state index contributed by atoms with van der Waals surface area (Å²) in [6.07, 6.45) is -3.03. The minimum absolute atomic E-state index is 0.236. The van der Waals surface area contributed by atoms with Crippen LogP contribution in [0.5, 0.6) is 0 Å². The zero-order chi connectivity index (χ0) is 13.3. The summed E-state index contributed by atoms with van der Waals surface area (Å²) in [6, 6.07) is 0.236. The zero-order valence-electron chi connectivity index (χ0n) is 10.5. The number of aryl methyl sites for hydroxylation is 1. The third-order valence-corrected chi connectivity index (χ3v) is 3.30. The van der Waals surface area contributed by atoms with Gasteiger partial charge in [-0.1, -0.05) is 0 Å². The summed E-state index contributed by atoms with van der Waals surface area (Å²) in [5.74, 6) is 0. The summed E-state index contributed by atoms with van der Waals surface area (Å²) in [7, 11) is 1.33. The highest BCUT2D eigenvalue weighted by molar-refractivity contribution is 5.20. The lowest BCUT2D eigenvalue weighted by Crippen LogP contribution is -2.49. The van der Waals surface area contributed by atoms with Crippen molar-refractivity contribution in [2.24, 2.45) is 7.05 Å². The third-order valence-electron chi connectivity index (χ3n) is 3.30. The van der Waals surface area contributed by atoms with E-state index in [0.717, 1.165) is 24.3 Å². The highest BCUT2D eigenvalue weighted by Gasteiger charge is 2.37. The van der Waals surface area contributed by atoms with Gasteiger partial charge in [-0.25, -0.2) is 0 Å². The Bertz CT molecular complexity index is 413. The van der Waals surface area contributed by atoms with Crippen LogP contribution in [-0.2, 0) is 19.8 Å². The molecule has 1 N–H and O–H groups in total. The van der Waals surface area contributed by atoms with E-state index in [1.165, 1.54) is 13.2 Å². The highest BCUT2D eigenvalue weighted by atomic mass is 19.4. The smallest absolute Gasteiger partial charge is 0.314 e. The van der Waals surface area contributed by atoms with E-state index < -0.39 is 11.9 Å². The van der Waals surface area contributed by atoms with Crippen LogP contribution < -0.4 is 5.32 Å². The summed E-state index contributed by atoms with van der Waals surface area (Å²) in [5, 5.41) is 6.94. The predicted octanol–water partition coefficient (Wildman–Crippen LogP) is 1.23. The molecule has 0 radical (unpaired) electrons. The Morgan fingerprint density at radius 1 is 1.50 bits per heavy atom. The van der Waals surface area contributed by atoms with Crippen LogP contribution in [0, 0.1) is 0 Å². The van der Waals surface area contributed by atoms with Crippen LogP contribution in [-0.4, -0.2) is 40.4 Å². The number of piperazine rings is 1. The quantitative estimate of drug-likeness (QED) is 0.870. The Kier molecular flexibility index (Phi) is 3.63. The molecule has 4 nitrogen and oxygen atoms in total. The molecule has 1 aromatic rings. The molecule has 0 aliphatic carbocycles. The van der Waals surface area contributed by atoms with Crippen molar-refractivity contribution in [1.29, 1.82) is 0 Å². The van der Waals surface area contributed by atoms with Gasteiger partial charge in [-0.3, -0.25) is 9.58 Å². The molecule has 18 heavy (non-hydrogen) atoms. The zero-order valence-corrected chi connectivity index (χ0v) is 10.5. The third kappa shape index (κ3) is 2.67. The van der Waals surface area contributed by atoms with Gasteiger partial charge in [0.05, 0.1) is 6.20 Å². The molecule has 0 amide bonds. The molecule has 2 rings (SSSR count). The van der Waals surface area contributed by atoms with Crippen molar-refractivity contribution in [3.8, 4) is 0 Å². The summed E-state index contributed by atoms with van der Waals surface area (Å²) in [6.45, 7) is 4.68. The molecule has 2 heterocycles. The minimum atomic E-state index is -4.35. The molecule has 102 valence electrons. The van der Waals surface area contributed by atoms with E-state index in [4.69, 9.17) is 0 Å². The van der Waals surface area contributed by atoms with Gasteiger partial charge < -0.3 is 5.32 Å². The monoisotopic (exact) mass is 262 g/mol. The van der Waals surface area contributed by atoms with Gasteiger partial charge in [-0.05, 0) is 6.92 Å². The van der Waals surface area contributed by atoms with Crippen molar-refractivity contribution in [2.75, 3.05) is 19.6 Å². The average molecular weight is 262 g/mol. The van der Waals surface area contributed by atoms with E-state index in [1.807, 2.05) is 11.8 Å². The predicted molar refractivity (Wildman–Crippen MR) is 61.0 cm³/mol. The van der Waals surface area contributed by atoms with Crippen LogP contribution in [0.1, 0.15) is 18.2 Å². The Morgan fingerprint density at radius 2 is 2.22 bits per heavy atom. The molecule has 0 spiro atoms. The van der Waals surface area contributed by atoms with E-state index in [2.05, 4.69) is 10.4 Å².